The lowest BCUT2D eigenvalue weighted by molar-refractivity contribution is -0.133. The number of hydrogen-bond acceptors (Lipinski definition) is 5. The summed E-state index contributed by atoms with van der Waals surface area (Å²) in [7, 11) is 1.67. The molecule has 1 N–H and O–H groups in total. The highest BCUT2D eigenvalue weighted by atomic mass is 32.1. The second-order valence-electron chi connectivity index (χ2n) is 8.46. The minimum atomic E-state index is -0.670. The number of aromatic nitrogens is 2. The molecule has 2 aromatic heterocycles. The lowest BCUT2D eigenvalue weighted by Gasteiger charge is -2.41. The van der Waals surface area contributed by atoms with E-state index in [9.17, 15) is 9.59 Å². The highest BCUT2D eigenvalue weighted by Gasteiger charge is 2.43. The zero-order valence-electron chi connectivity index (χ0n) is 18.7. The van der Waals surface area contributed by atoms with Crippen LogP contribution in [0.4, 0.5) is 0 Å². The number of thiophene rings is 1. The van der Waals surface area contributed by atoms with E-state index in [0.717, 1.165) is 24.0 Å². The summed E-state index contributed by atoms with van der Waals surface area (Å²) in [5.41, 5.74) is 2.76. The third-order valence-electron chi connectivity index (χ3n) is 6.18. The number of aryl methyl sites for hydroxylation is 2. The number of nitrogens with one attached hydrogen (secondary N) is 1. The van der Waals surface area contributed by atoms with Gasteiger partial charge in [0.2, 0.25) is 5.91 Å². The maximum atomic E-state index is 13.3. The van der Waals surface area contributed by atoms with E-state index in [2.05, 4.69) is 44.9 Å². The van der Waals surface area contributed by atoms with Crippen molar-refractivity contribution in [2.75, 3.05) is 20.1 Å². The largest absolute Gasteiger partial charge is 0.359 e. The van der Waals surface area contributed by atoms with Crippen LogP contribution in [0.1, 0.15) is 40.3 Å². The molecule has 4 rings (SSSR count). The van der Waals surface area contributed by atoms with E-state index in [-0.39, 0.29) is 11.8 Å². The van der Waals surface area contributed by atoms with Crippen LogP contribution in [-0.4, -0.2) is 46.8 Å². The molecule has 3 aromatic rings. The molecule has 1 fully saturated rings. The third kappa shape index (κ3) is 4.43. The van der Waals surface area contributed by atoms with Gasteiger partial charge in [0.05, 0.1) is 16.7 Å². The molecule has 1 saturated heterocycles. The van der Waals surface area contributed by atoms with Gasteiger partial charge in [0.1, 0.15) is 5.82 Å². The van der Waals surface area contributed by atoms with Crippen molar-refractivity contribution < 1.29 is 9.59 Å². The molecule has 1 atom stereocenters. The molecule has 0 bridgehead atoms. The minimum absolute atomic E-state index is 0.0200. The van der Waals surface area contributed by atoms with E-state index in [0.29, 0.717) is 36.6 Å². The standard InChI is InChI=1S/C25H28N4O2S/c1-17-21(15-27-18(2)28-17)23(30)29-11-6-10-25(16-29,24(31)26-3)14-19-7-4-8-20(13-19)22-9-5-12-32-22/h4-5,7-9,12-13,15H,6,10-11,14,16H2,1-3H3,(H,26,31)/t25-/m0/s1. The number of carbonyl (C=O) groups excluding carboxylic acids is 2. The van der Waals surface area contributed by atoms with Gasteiger partial charge in [0.15, 0.2) is 0 Å². The summed E-state index contributed by atoms with van der Waals surface area (Å²) in [5.74, 6) is 0.513. The number of rotatable bonds is 5. The van der Waals surface area contributed by atoms with Crippen molar-refractivity contribution in [1.29, 1.82) is 0 Å². The topological polar surface area (TPSA) is 75.2 Å². The molecule has 0 aliphatic carbocycles. The van der Waals surface area contributed by atoms with Gasteiger partial charge in [-0.1, -0.05) is 30.3 Å². The number of piperidine rings is 1. The van der Waals surface area contributed by atoms with Crippen molar-refractivity contribution >= 4 is 23.2 Å². The van der Waals surface area contributed by atoms with Gasteiger partial charge in [-0.25, -0.2) is 9.97 Å². The maximum Gasteiger partial charge on any atom is 0.257 e. The molecule has 6 nitrogen and oxygen atoms in total. The maximum absolute atomic E-state index is 13.3. The lowest BCUT2D eigenvalue weighted by Crippen LogP contribution is -2.54. The van der Waals surface area contributed by atoms with Crippen molar-refractivity contribution in [1.82, 2.24) is 20.2 Å². The predicted molar refractivity (Wildman–Crippen MR) is 127 cm³/mol. The van der Waals surface area contributed by atoms with Crippen LogP contribution in [0.3, 0.4) is 0 Å². The van der Waals surface area contributed by atoms with Gasteiger partial charge in [-0.2, -0.15) is 0 Å². The Labute approximate surface area is 192 Å². The third-order valence-corrected chi connectivity index (χ3v) is 7.10. The fourth-order valence-corrected chi connectivity index (χ4v) is 5.34. The second-order valence-corrected chi connectivity index (χ2v) is 9.41. The molecule has 1 aliphatic rings. The van der Waals surface area contributed by atoms with Crippen LogP contribution in [0.5, 0.6) is 0 Å². The molecular weight excluding hydrogens is 420 g/mol. The van der Waals surface area contributed by atoms with E-state index in [1.165, 1.54) is 4.88 Å². The summed E-state index contributed by atoms with van der Waals surface area (Å²) in [6.45, 7) is 4.64. The summed E-state index contributed by atoms with van der Waals surface area (Å²) < 4.78 is 0. The fraction of sp³-hybridized carbons (Fsp3) is 0.360. The lowest BCUT2D eigenvalue weighted by atomic mass is 9.74. The predicted octanol–water partition coefficient (Wildman–Crippen LogP) is 4.03. The van der Waals surface area contributed by atoms with E-state index < -0.39 is 5.41 Å². The molecule has 0 spiro atoms. The van der Waals surface area contributed by atoms with Crippen molar-refractivity contribution in [2.24, 2.45) is 5.41 Å². The van der Waals surface area contributed by atoms with Gasteiger partial charge in [-0.3, -0.25) is 9.59 Å². The van der Waals surface area contributed by atoms with Crippen LogP contribution in [0.25, 0.3) is 10.4 Å². The molecule has 32 heavy (non-hydrogen) atoms. The summed E-state index contributed by atoms with van der Waals surface area (Å²) in [6.07, 6.45) is 3.69. The van der Waals surface area contributed by atoms with Gasteiger partial charge < -0.3 is 10.2 Å². The summed E-state index contributed by atoms with van der Waals surface area (Å²) in [4.78, 5) is 38.0. The normalized spacial score (nSPS) is 18.4. The zero-order valence-corrected chi connectivity index (χ0v) is 19.5. The van der Waals surface area contributed by atoms with Gasteiger partial charge in [-0.05, 0) is 55.7 Å². The van der Waals surface area contributed by atoms with E-state index in [1.807, 2.05) is 26.0 Å². The zero-order chi connectivity index (χ0) is 22.7. The summed E-state index contributed by atoms with van der Waals surface area (Å²) in [6, 6.07) is 12.5. The molecule has 1 aliphatic heterocycles. The van der Waals surface area contributed by atoms with Crippen LogP contribution < -0.4 is 5.32 Å². The fourth-order valence-electron chi connectivity index (χ4n) is 4.61. The van der Waals surface area contributed by atoms with E-state index in [4.69, 9.17) is 0 Å². The van der Waals surface area contributed by atoms with Crippen LogP contribution >= 0.6 is 11.3 Å². The van der Waals surface area contributed by atoms with Crippen molar-refractivity contribution in [2.45, 2.75) is 33.1 Å². The average molecular weight is 449 g/mol. The molecular formula is C25H28N4O2S. The first-order chi connectivity index (χ1) is 15.4. The van der Waals surface area contributed by atoms with E-state index >= 15 is 0 Å². The Morgan fingerprint density at radius 3 is 2.78 bits per heavy atom. The highest BCUT2D eigenvalue weighted by molar-refractivity contribution is 7.13. The molecule has 166 valence electrons. The highest BCUT2D eigenvalue weighted by Crippen LogP contribution is 2.36. The first-order valence-corrected chi connectivity index (χ1v) is 11.7. The van der Waals surface area contributed by atoms with Gasteiger partial charge in [0, 0.05) is 31.2 Å². The average Bonchev–Trinajstić information content (AvgIpc) is 3.33. The monoisotopic (exact) mass is 448 g/mol. The first-order valence-electron chi connectivity index (χ1n) is 10.9. The molecule has 7 heteroatoms. The molecule has 0 saturated carbocycles. The van der Waals surface area contributed by atoms with Crippen molar-refractivity contribution in [3.63, 3.8) is 0 Å². The number of carbonyl (C=O) groups is 2. The Bertz CT molecular complexity index is 1130. The Hall–Kier alpha value is -3.06. The van der Waals surface area contributed by atoms with Crippen LogP contribution in [-0.2, 0) is 11.2 Å². The van der Waals surface area contributed by atoms with Gasteiger partial charge >= 0.3 is 0 Å². The van der Waals surface area contributed by atoms with Crippen LogP contribution in [0, 0.1) is 19.3 Å². The van der Waals surface area contributed by atoms with Crippen LogP contribution in [0.15, 0.2) is 48.0 Å². The molecule has 0 unspecified atom stereocenters. The SMILES string of the molecule is CNC(=O)[C@]1(Cc2cccc(-c3cccs3)c2)CCCN(C(=O)c2cnc(C)nc2C)C1. The number of nitrogens with zero attached hydrogens (tertiary/aromatic N) is 3. The smallest absolute Gasteiger partial charge is 0.257 e. The number of amides is 2. The van der Waals surface area contributed by atoms with Gasteiger partial charge in [-0.15, -0.1) is 11.3 Å². The Balaban J connectivity index is 1.62. The van der Waals surface area contributed by atoms with Crippen molar-refractivity contribution in [3.05, 3.63) is 70.6 Å². The minimum Gasteiger partial charge on any atom is -0.359 e. The molecule has 2 amide bonds. The Morgan fingerprint density at radius 1 is 1.22 bits per heavy atom. The summed E-state index contributed by atoms with van der Waals surface area (Å²) >= 11 is 1.70. The van der Waals surface area contributed by atoms with Crippen molar-refractivity contribution in [3.8, 4) is 10.4 Å². The number of hydrogen-bond donors (Lipinski definition) is 1. The molecule has 1 aromatic carbocycles. The van der Waals surface area contributed by atoms with Gasteiger partial charge in [0.25, 0.3) is 5.91 Å². The molecule has 0 radical (unpaired) electrons. The number of likely N-dealkylation sites (tertiary alicyclic amines) is 1. The Morgan fingerprint density at radius 2 is 2.06 bits per heavy atom. The quantitative estimate of drug-likeness (QED) is 0.639. The molecule has 3 heterocycles. The van der Waals surface area contributed by atoms with Crippen LogP contribution in [0.2, 0.25) is 0 Å². The van der Waals surface area contributed by atoms with E-state index in [1.54, 1.807) is 29.5 Å². The summed E-state index contributed by atoms with van der Waals surface area (Å²) in [5, 5.41) is 4.92. The Kier molecular flexibility index (Phi) is 6.37. The second kappa shape index (κ2) is 9.20. The number of benzene rings is 1. The first kappa shape index (κ1) is 22.1.